The van der Waals surface area contributed by atoms with E-state index in [4.69, 9.17) is 16.7 Å². The standard InChI is InChI=1S/C14H17ClN2O/c1-3-10-4-6-11(7-5-10)14-16-12(8-9-18)13(15)17(14)2/h4-7,18H,3,8-9H2,1-2H3. The third kappa shape index (κ3) is 2.42. The summed E-state index contributed by atoms with van der Waals surface area (Å²) >= 11 is 6.19. The lowest BCUT2D eigenvalue weighted by Gasteiger charge is -2.03. The lowest BCUT2D eigenvalue weighted by molar-refractivity contribution is 0.298. The van der Waals surface area contributed by atoms with Crippen LogP contribution in [0.25, 0.3) is 11.4 Å². The van der Waals surface area contributed by atoms with Crippen molar-refractivity contribution in [2.45, 2.75) is 19.8 Å². The molecule has 0 saturated heterocycles. The Kier molecular flexibility index (Phi) is 4.04. The van der Waals surface area contributed by atoms with Crippen LogP contribution in [0.2, 0.25) is 5.15 Å². The second-order valence-corrected chi connectivity index (χ2v) is 4.61. The predicted octanol–water partition coefficient (Wildman–Crippen LogP) is 2.84. The molecule has 0 amide bonds. The van der Waals surface area contributed by atoms with Crippen molar-refractivity contribution in [1.82, 2.24) is 9.55 Å². The molecular formula is C14H17ClN2O. The van der Waals surface area contributed by atoms with E-state index in [0.717, 1.165) is 23.5 Å². The number of aromatic nitrogens is 2. The molecule has 0 bridgehead atoms. The number of aliphatic hydroxyl groups excluding tert-OH is 1. The molecule has 0 fully saturated rings. The molecule has 2 rings (SSSR count). The van der Waals surface area contributed by atoms with Crippen molar-refractivity contribution < 1.29 is 5.11 Å². The summed E-state index contributed by atoms with van der Waals surface area (Å²) in [7, 11) is 1.89. The second-order valence-electron chi connectivity index (χ2n) is 4.26. The Bertz CT molecular complexity index is 531. The molecule has 0 radical (unpaired) electrons. The molecule has 0 spiro atoms. The minimum absolute atomic E-state index is 0.0605. The highest BCUT2D eigenvalue weighted by molar-refractivity contribution is 6.30. The summed E-state index contributed by atoms with van der Waals surface area (Å²) in [6.07, 6.45) is 1.51. The van der Waals surface area contributed by atoms with Gasteiger partial charge in [-0.15, -0.1) is 0 Å². The maximum absolute atomic E-state index is 8.98. The van der Waals surface area contributed by atoms with E-state index in [-0.39, 0.29) is 6.61 Å². The fraction of sp³-hybridized carbons (Fsp3) is 0.357. The fourth-order valence-corrected chi connectivity index (χ4v) is 2.16. The number of aliphatic hydroxyl groups is 1. The van der Waals surface area contributed by atoms with E-state index >= 15 is 0 Å². The van der Waals surface area contributed by atoms with Crippen LogP contribution in [-0.2, 0) is 19.9 Å². The summed E-state index contributed by atoms with van der Waals surface area (Å²) < 4.78 is 1.85. The highest BCUT2D eigenvalue weighted by Gasteiger charge is 2.13. The van der Waals surface area contributed by atoms with E-state index < -0.39 is 0 Å². The molecule has 0 saturated carbocycles. The lowest BCUT2D eigenvalue weighted by Crippen LogP contribution is -1.93. The number of aryl methyl sites for hydroxylation is 1. The van der Waals surface area contributed by atoms with Gasteiger partial charge in [0.2, 0.25) is 0 Å². The number of rotatable bonds is 4. The topological polar surface area (TPSA) is 38.1 Å². The molecule has 0 aliphatic rings. The van der Waals surface area contributed by atoms with Crippen LogP contribution < -0.4 is 0 Å². The van der Waals surface area contributed by atoms with Crippen LogP contribution in [0.4, 0.5) is 0 Å². The van der Waals surface area contributed by atoms with Gasteiger partial charge in [0.15, 0.2) is 0 Å². The van der Waals surface area contributed by atoms with Gasteiger partial charge < -0.3 is 9.67 Å². The van der Waals surface area contributed by atoms with Crippen molar-refractivity contribution in [3.05, 3.63) is 40.7 Å². The smallest absolute Gasteiger partial charge is 0.141 e. The van der Waals surface area contributed by atoms with Crippen molar-refractivity contribution in [3.8, 4) is 11.4 Å². The highest BCUT2D eigenvalue weighted by atomic mass is 35.5. The van der Waals surface area contributed by atoms with Crippen molar-refractivity contribution in [3.63, 3.8) is 0 Å². The van der Waals surface area contributed by atoms with Crippen LogP contribution in [-0.4, -0.2) is 21.3 Å². The average Bonchev–Trinajstić information content (AvgIpc) is 2.68. The molecular weight excluding hydrogens is 248 g/mol. The normalized spacial score (nSPS) is 10.9. The van der Waals surface area contributed by atoms with Crippen molar-refractivity contribution in [2.75, 3.05) is 6.61 Å². The van der Waals surface area contributed by atoms with Gasteiger partial charge in [-0.2, -0.15) is 0 Å². The molecule has 0 unspecified atom stereocenters. The maximum Gasteiger partial charge on any atom is 0.141 e. The molecule has 1 aromatic heterocycles. The Labute approximate surface area is 112 Å². The van der Waals surface area contributed by atoms with Gasteiger partial charge in [0, 0.05) is 25.6 Å². The Morgan fingerprint density at radius 3 is 2.50 bits per heavy atom. The van der Waals surface area contributed by atoms with Crippen LogP contribution in [0, 0.1) is 0 Å². The minimum atomic E-state index is 0.0605. The van der Waals surface area contributed by atoms with Crippen LogP contribution >= 0.6 is 11.6 Å². The second kappa shape index (κ2) is 5.55. The van der Waals surface area contributed by atoms with Crippen LogP contribution in [0.3, 0.4) is 0 Å². The molecule has 4 heteroatoms. The summed E-state index contributed by atoms with van der Waals surface area (Å²) in [6.45, 7) is 2.19. The third-order valence-electron chi connectivity index (χ3n) is 3.06. The monoisotopic (exact) mass is 264 g/mol. The number of hydrogen-bond acceptors (Lipinski definition) is 2. The Morgan fingerprint density at radius 2 is 1.94 bits per heavy atom. The van der Waals surface area contributed by atoms with Gasteiger partial charge in [-0.3, -0.25) is 0 Å². The summed E-state index contributed by atoms with van der Waals surface area (Å²) in [5.74, 6) is 0.839. The van der Waals surface area contributed by atoms with E-state index in [0.29, 0.717) is 11.6 Å². The zero-order chi connectivity index (χ0) is 13.1. The van der Waals surface area contributed by atoms with Gasteiger partial charge in [-0.1, -0.05) is 42.8 Å². The Hall–Kier alpha value is -1.32. The first-order valence-corrected chi connectivity index (χ1v) is 6.46. The summed E-state index contributed by atoms with van der Waals surface area (Å²) in [4.78, 5) is 4.50. The lowest BCUT2D eigenvalue weighted by atomic mass is 10.1. The molecule has 18 heavy (non-hydrogen) atoms. The molecule has 0 aliphatic heterocycles. The third-order valence-corrected chi connectivity index (χ3v) is 3.53. The molecule has 3 nitrogen and oxygen atoms in total. The molecule has 1 N–H and O–H groups in total. The first-order chi connectivity index (χ1) is 8.67. The van der Waals surface area contributed by atoms with E-state index in [1.54, 1.807) is 0 Å². The number of halogens is 1. The molecule has 0 atom stereocenters. The predicted molar refractivity (Wildman–Crippen MR) is 73.8 cm³/mol. The van der Waals surface area contributed by atoms with Gasteiger partial charge in [0.05, 0.1) is 5.69 Å². The zero-order valence-corrected chi connectivity index (χ0v) is 11.4. The van der Waals surface area contributed by atoms with Crippen LogP contribution in [0.15, 0.2) is 24.3 Å². The van der Waals surface area contributed by atoms with E-state index in [1.807, 2.05) is 11.6 Å². The molecule has 1 aromatic carbocycles. The molecule has 2 aromatic rings. The number of imidazole rings is 1. The number of benzene rings is 1. The molecule has 96 valence electrons. The number of hydrogen-bond donors (Lipinski definition) is 1. The summed E-state index contributed by atoms with van der Waals surface area (Å²) in [6, 6.07) is 8.31. The average molecular weight is 265 g/mol. The SMILES string of the molecule is CCc1ccc(-c2nc(CCO)c(Cl)n2C)cc1. The van der Waals surface area contributed by atoms with E-state index in [2.05, 4.69) is 36.2 Å². The first kappa shape index (κ1) is 13.1. The van der Waals surface area contributed by atoms with Gasteiger partial charge in [0.25, 0.3) is 0 Å². The maximum atomic E-state index is 8.98. The highest BCUT2D eigenvalue weighted by Crippen LogP contribution is 2.25. The van der Waals surface area contributed by atoms with E-state index in [9.17, 15) is 0 Å². The van der Waals surface area contributed by atoms with Gasteiger partial charge in [-0.25, -0.2) is 4.98 Å². The number of nitrogens with zero attached hydrogens (tertiary/aromatic N) is 2. The zero-order valence-electron chi connectivity index (χ0n) is 10.7. The largest absolute Gasteiger partial charge is 0.396 e. The van der Waals surface area contributed by atoms with Crippen LogP contribution in [0.5, 0.6) is 0 Å². The van der Waals surface area contributed by atoms with E-state index in [1.165, 1.54) is 5.56 Å². The minimum Gasteiger partial charge on any atom is -0.396 e. The van der Waals surface area contributed by atoms with Gasteiger partial charge in [-0.05, 0) is 12.0 Å². The van der Waals surface area contributed by atoms with Crippen molar-refractivity contribution in [2.24, 2.45) is 7.05 Å². The quantitative estimate of drug-likeness (QED) is 0.922. The Morgan fingerprint density at radius 1 is 1.28 bits per heavy atom. The molecule has 0 aliphatic carbocycles. The fourth-order valence-electron chi connectivity index (χ4n) is 1.95. The van der Waals surface area contributed by atoms with Gasteiger partial charge >= 0.3 is 0 Å². The molecule has 1 heterocycles. The van der Waals surface area contributed by atoms with Crippen molar-refractivity contribution >= 4 is 11.6 Å². The van der Waals surface area contributed by atoms with Gasteiger partial charge in [0.1, 0.15) is 11.0 Å². The van der Waals surface area contributed by atoms with Crippen molar-refractivity contribution in [1.29, 1.82) is 0 Å². The summed E-state index contributed by atoms with van der Waals surface area (Å²) in [5.41, 5.74) is 3.09. The van der Waals surface area contributed by atoms with Crippen LogP contribution in [0.1, 0.15) is 18.2 Å². The first-order valence-electron chi connectivity index (χ1n) is 6.08. The summed E-state index contributed by atoms with van der Waals surface area (Å²) in [5, 5.41) is 9.57. The Balaban J connectivity index is 2.40.